The average molecular weight is 249 g/mol. The van der Waals surface area contributed by atoms with Gasteiger partial charge in [0.1, 0.15) is 6.04 Å². The minimum atomic E-state index is -0.707. The number of rotatable bonds is 8. The van der Waals surface area contributed by atoms with Crippen molar-refractivity contribution in [3.8, 4) is 0 Å². The van der Waals surface area contributed by atoms with E-state index in [0.717, 1.165) is 25.8 Å². The normalized spacial score (nSPS) is 12.6. The fourth-order valence-corrected chi connectivity index (χ4v) is 2.12. The summed E-state index contributed by atoms with van der Waals surface area (Å²) in [4.78, 5) is 13.4. The van der Waals surface area contributed by atoms with Crippen molar-refractivity contribution in [2.45, 2.75) is 45.7 Å². The molecule has 3 nitrogen and oxygen atoms in total. The van der Waals surface area contributed by atoms with Crippen LogP contribution in [0.15, 0.2) is 30.3 Å². The van der Waals surface area contributed by atoms with E-state index >= 15 is 0 Å². The van der Waals surface area contributed by atoms with E-state index in [-0.39, 0.29) is 6.04 Å². The summed E-state index contributed by atoms with van der Waals surface area (Å²) < 4.78 is 0. The lowest BCUT2D eigenvalue weighted by Gasteiger charge is -2.27. The van der Waals surface area contributed by atoms with E-state index in [4.69, 9.17) is 0 Å². The van der Waals surface area contributed by atoms with Gasteiger partial charge in [-0.2, -0.15) is 0 Å². The fourth-order valence-electron chi connectivity index (χ4n) is 2.12. The summed E-state index contributed by atoms with van der Waals surface area (Å²) in [5.74, 6) is -0.707. The molecule has 0 bridgehead atoms. The van der Waals surface area contributed by atoms with Gasteiger partial charge in [0.2, 0.25) is 0 Å². The molecule has 100 valence electrons. The molecule has 3 heteroatoms. The van der Waals surface area contributed by atoms with Crippen molar-refractivity contribution in [2.75, 3.05) is 6.54 Å². The maximum Gasteiger partial charge on any atom is 0.320 e. The molecule has 1 atom stereocenters. The summed E-state index contributed by atoms with van der Waals surface area (Å²) in [6.07, 6.45) is 2.72. The first-order valence-electron chi connectivity index (χ1n) is 6.69. The molecular formula is C15H23NO2. The zero-order valence-electron chi connectivity index (χ0n) is 11.3. The number of carboxylic acid groups (broad SMARTS) is 1. The zero-order valence-corrected chi connectivity index (χ0v) is 11.3. The maximum atomic E-state index is 11.4. The highest BCUT2D eigenvalue weighted by molar-refractivity contribution is 5.73. The molecule has 1 aromatic rings. The Kier molecular flexibility index (Phi) is 6.44. The van der Waals surface area contributed by atoms with Crippen LogP contribution in [0.4, 0.5) is 0 Å². The largest absolute Gasteiger partial charge is 0.480 e. The van der Waals surface area contributed by atoms with Crippen LogP contribution in [0.25, 0.3) is 0 Å². The summed E-state index contributed by atoms with van der Waals surface area (Å²) in [6, 6.07) is 9.68. The molecule has 0 spiro atoms. The molecular weight excluding hydrogens is 226 g/mol. The molecule has 1 unspecified atom stereocenters. The van der Waals surface area contributed by atoms with Gasteiger partial charge < -0.3 is 5.11 Å². The minimum absolute atomic E-state index is 0.366. The predicted molar refractivity (Wildman–Crippen MR) is 73.5 cm³/mol. The lowest BCUT2D eigenvalue weighted by Crippen LogP contribution is -2.40. The first kappa shape index (κ1) is 14.7. The monoisotopic (exact) mass is 249 g/mol. The van der Waals surface area contributed by atoms with Gasteiger partial charge in [-0.1, -0.05) is 57.0 Å². The van der Waals surface area contributed by atoms with E-state index in [1.807, 2.05) is 42.2 Å². The van der Waals surface area contributed by atoms with Gasteiger partial charge in [0.25, 0.3) is 0 Å². The second-order valence-electron chi connectivity index (χ2n) is 4.54. The Bertz CT molecular complexity index is 351. The van der Waals surface area contributed by atoms with Crippen molar-refractivity contribution < 1.29 is 9.90 Å². The Morgan fingerprint density at radius 1 is 1.28 bits per heavy atom. The number of carboxylic acids is 1. The second-order valence-corrected chi connectivity index (χ2v) is 4.54. The Morgan fingerprint density at radius 3 is 2.44 bits per heavy atom. The van der Waals surface area contributed by atoms with Gasteiger partial charge in [0.15, 0.2) is 0 Å². The van der Waals surface area contributed by atoms with Crippen LogP contribution in [0.3, 0.4) is 0 Å². The molecule has 0 saturated heterocycles. The van der Waals surface area contributed by atoms with Crippen molar-refractivity contribution in [1.82, 2.24) is 4.90 Å². The highest BCUT2D eigenvalue weighted by atomic mass is 16.4. The van der Waals surface area contributed by atoms with Gasteiger partial charge in [-0.15, -0.1) is 0 Å². The Hall–Kier alpha value is -1.35. The van der Waals surface area contributed by atoms with E-state index < -0.39 is 5.97 Å². The lowest BCUT2D eigenvalue weighted by molar-refractivity contribution is -0.143. The van der Waals surface area contributed by atoms with Gasteiger partial charge >= 0.3 is 5.97 Å². The summed E-state index contributed by atoms with van der Waals surface area (Å²) in [6.45, 7) is 5.57. The first-order valence-corrected chi connectivity index (χ1v) is 6.69. The lowest BCUT2D eigenvalue weighted by atomic mass is 10.1. The van der Waals surface area contributed by atoms with E-state index in [0.29, 0.717) is 6.54 Å². The SMILES string of the molecule is CCCCC(C(=O)O)N(CC)Cc1ccccc1. The molecule has 0 radical (unpaired) electrons. The number of hydrogen-bond donors (Lipinski definition) is 1. The Balaban J connectivity index is 2.69. The third kappa shape index (κ3) is 4.49. The van der Waals surface area contributed by atoms with Crippen LogP contribution < -0.4 is 0 Å². The zero-order chi connectivity index (χ0) is 13.4. The summed E-state index contributed by atoms with van der Waals surface area (Å²) in [5.41, 5.74) is 1.17. The van der Waals surface area contributed by atoms with Gasteiger partial charge in [-0.3, -0.25) is 9.69 Å². The minimum Gasteiger partial charge on any atom is -0.480 e. The van der Waals surface area contributed by atoms with Crippen molar-refractivity contribution in [1.29, 1.82) is 0 Å². The van der Waals surface area contributed by atoms with E-state index in [9.17, 15) is 9.90 Å². The van der Waals surface area contributed by atoms with Crippen molar-refractivity contribution >= 4 is 5.97 Å². The fraction of sp³-hybridized carbons (Fsp3) is 0.533. The van der Waals surface area contributed by atoms with Gasteiger partial charge in [0, 0.05) is 6.54 Å². The number of hydrogen-bond acceptors (Lipinski definition) is 2. The predicted octanol–water partition coefficient (Wildman–Crippen LogP) is 3.15. The van der Waals surface area contributed by atoms with Crippen LogP contribution in [0.5, 0.6) is 0 Å². The van der Waals surface area contributed by atoms with Gasteiger partial charge in [-0.25, -0.2) is 0 Å². The number of carbonyl (C=O) groups is 1. The molecule has 0 fully saturated rings. The molecule has 0 aliphatic carbocycles. The highest BCUT2D eigenvalue weighted by Gasteiger charge is 2.23. The van der Waals surface area contributed by atoms with E-state index in [1.165, 1.54) is 5.56 Å². The van der Waals surface area contributed by atoms with Gasteiger partial charge in [0.05, 0.1) is 0 Å². The van der Waals surface area contributed by atoms with Crippen molar-refractivity contribution in [3.05, 3.63) is 35.9 Å². The maximum absolute atomic E-state index is 11.4. The molecule has 0 saturated carbocycles. The molecule has 1 aromatic carbocycles. The second kappa shape index (κ2) is 7.88. The molecule has 0 aliphatic heterocycles. The van der Waals surface area contributed by atoms with Crippen molar-refractivity contribution in [2.24, 2.45) is 0 Å². The molecule has 18 heavy (non-hydrogen) atoms. The van der Waals surface area contributed by atoms with Crippen LogP contribution in [-0.2, 0) is 11.3 Å². The molecule has 0 aliphatic rings. The highest BCUT2D eigenvalue weighted by Crippen LogP contribution is 2.13. The van der Waals surface area contributed by atoms with Crippen LogP contribution in [0.2, 0.25) is 0 Å². The van der Waals surface area contributed by atoms with Gasteiger partial charge in [-0.05, 0) is 18.5 Å². The quantitative estimate of drug-likeness (QED) is 0.769. The number of unbranched alkanes of at least 4 members (excludes halogenated alkanes) is 1. The molecule has 1 rings (SSSR count). The topological polar surface area (TPSA) is 40.5 Å². The first-order chi connectivity index (χ1) is 8.69. The smallest absolute Gasteiger partial charge is 0.320 e. The average Bonchev–Trinajstić information content (AvgIpc) is 2.38. The molecule has 1 N–H and O–H groups in total. The number of likely N-dealkylation sites (N-methyl/N-ethyl adjacent to an activating group) is 1. The molecule has 0 heterocycles. The molecule has 0 aromatic heterocycles. The van der Waals surface area contributed by atoms with Crippen LogP contribution in [0.1, 0.15) is 38.7 Å². The van der Waals surface area contributed by atoms with Crippen molar-refractivity contribution in [3.63, 3.8) is 0 Å². The Morgan fingerprint density at radius 2 is 1.94 bits per heavy atom. The van der Waals surface area contributed by atoms with Crippen LogP contribution >= 0.6 is 0 Å². The summed E-state index contributed by atoms with van der Waals surface area (Å²) >= 11 is 0. The number of aliphatic carboxylic acids is 1. The third-order valence-corrected chi connectivity index (χ3v) is 3.19. The van der Waals surface area contributed by atoms with Crippen LogP contribution in [0, 0.1) is 0 Å². The van der Waals surface area contributed by atoms with E-state index in [1.54, 1.807) is 0 Å². The Labute approximate surface area is 109 Å². The van der Waals surface area contributed by atoms with Crippen LogP contribution in [-0.4, -0.2) is 28.6 Å². The molecule has 0 amide bonds. The van der Waals surface area contributed by atoms with E-state index in [2.05, 4.69) is 6.92 Å². The third-order valence-electron chi connectivity index (χ3n) is 3.19. The standard InChI is InChI=1S/C15H23NO2/c1-3-5-11-14(15(17)18)16(4-2)12-13-9-7-6-8-10-13/h6-10,14H,3-5,11-12H2,1-2H3,(H,17,18). The number of nitrogens with zero attached hydrogens (tertiary/aromatic N) is 1. The summed E-state index contributed by atoms with van der Waals surface area (Å²) in [7, 11) is 0. The number of benzene rings is 1. The summed E-state index contributed by atoms with van der Waals surface area (Å²) in [5, 5.41) is 9.34.